The largest absolute Gasteiger partial charge is 0.507 e. The first-order chi connectivity index (χ1) is 10.7. The maximum atomic E-state index is 10.7. The van der Waals surface area contributed by atoms with E-state index in [1.54, 1.807) is 11.3 Å². The number of aromatic nitrogens is 1. The number of hydrogen-bond acceptors (Lipinski definition) is 4. The van der Waals surface area contributed by atoms with Gasteiger partial charge in [0.2, 0.25) is 0 Å². The third kappa shape index (κ3) is 2.34. The summed E-state index contributed by atoms with van der Waals surface area (Å²) in [5, 5.41) is 17.4. The summed E-state index contributed by atoms with van der Waals surface area (Å²) >= 11 is 1.75. The van der Waals surface area contributed by atoms with Crippen LogP contribution in [0.25, 0.3) is 11.3 Å². The average molecular weight is 314 g/mol. The van der Waals surface area contributed by atoms with Gasteiger partial charge >= 0.3 is 0 Å². The number of nitrogens with one attached hydrogen (secondary N) is 1. The van der Waals surface area contributed by atoms with Crippen LogP contribution in [0.15, 0.2) is 11.4 Å². The first-order valence-corrected chi connectivity index (χ1v) is 9.13. The Balaban J connectivity index is 1.71. The third-order valence-corrected chi connectivity index (χ3v) is 6.09. The van der Waals surface area contributed by atoms with E-state index in [0.29, 0.717) is 11.7 Å². The minimum Gasteiger partial charge on any atom is -0.507 e. The van der Waals surface area contributed by atoms with E-state index in [1.165, 1.54) is 29.0 Å². The molecule has 0 spiro atoms. The molecular formula is C18H22N2OS. The van der Waals surface area contributed by atoms with Crippen LogP contribution in [0.4, 0.5) is 0 Å². The molecule has 2 N–H and O–H groups in total. The summed E-state index contributed by atoms with van der Waals surface area (Å²) < 4.78 is 0. The van der Waals surface area contributed by atoms with Crippen molar-refractivity contribution < 1.29 is 5.11 Å². The zero-order chi connectivity index (χ0) is 15.1. The molecule has 2 aliphatic rings. The smallest absolute Gasteiger partial charge is 0.128 e. The second-order valence-electron chi connectivity index (χ2n) is 6.50. The van der Waals surface area contributed by atoms with E-state index >= 15 is 0 Å². The van der Waals surface area contributed by atoms with Gasteiger partial charge in [-0.25, -0.2) is 4.98 Å². The quantitative estimate of drug-likeness (QED) is 0.886. The maximum absolute atomic E-state index is 10.7. The Bertz CT molecular complexity index is 701. The normalized spacial score (nSPS) is 18.6. The number of thiazole rings is 1. The van der Waals surface area contributed by atoms with Crippen molar-refractivity contribution in [1.82, 2.24) is 10.3 Å². The van der Waals surface area contributed by atoms with E-state index < -0.39 is 0 Å². The molecule has 22 heavy (non-hydrogen) atoms. The number of aromatic hydroxyl groups is 1. The van der Waals surface area contributed by atoms with Crippen LogP contribution in [0.1, 0.15) is 46.9 Å². The van der Waals surface area contributed by atoms with Crippen LogP contribution in [0.2, 0.25) is 0 Å². The minimum atomic E-state index is 0.472. The SMILES string of the molecule is Cc1cc(-c2csc(C3CCNCC3)n2)c(O)c2c1CCC2. The number of rotatable bonds is 2. The topological polar surface area (TPSA) is 45.2 Å². The Morgan fingerprint density at radius 3 is 2.82 bits per heavy atom. The maximum Gasteiger partial charge on any atom is 0.128 e. The Morgan fingerprint density at radius 2 is 2.00 bits per heavy atom. The lowest BCUT2D eigenvalue weighted by Gasteiger charge is -2.20. The Kier molecular flexibility index (Phi) is 3.66. The summed E-state index contributed by atoms with van der Waals surface area (Å²) in [4.78, 5) is 4.86. The molecule has 1 aromatic carbocycles. The Labute approximate surface area is 135 Å². The molecule has 2 aromatic rings. The monoisotopic (exact) mass is 314 g/mol. The predicted octanol–water partition coefficient (Wildman–Crippen LogP) is 3.78. The molecule has 4 heteroatoms. The number of benzene rings is 1. The molecule has 0 amide bonds. The van der Waals surface area contributed by atoms with Crippen molar-refractivity contribution in [1.29, 1.82) is 0 Å². The summed E-state index contributed by atoms with van der Waals surface area (Å²) in [5.41, 5.74) is 5.70. The van der Waals surface area contributed by atoms with E-state index in [0.717, 1.165) is 49.2 Å². The van der Waals surface area contributed by atoms with Crippen LogP contribution < -0.4 is 5.32 Å². The van der Waals surface area contributed by atoms with E-state index in [2.05, 4.69) is 23.7 Å². The molecule has 4 rings (SSSR count). The summed E-state index contributed by atoms with van der Waals surface area (Å²) in [7, 11) is 0. The van der Waals surface area contributed by atoms with Crippen molar-refractivity contribution in [2.75, 3.05) is 13.1 Å². The fourth-order valence-corrected chi connectivity index (χ4v) is 4.83. The number of aryl methyl sites for hydroxylation is 1. The van der Waals surface area contributed by atoms with Crippen molar-refractivity contribution in [3.63, 3.8) is 0 Å². The molecule has 1 fully saturated rings. The number of nitrogens with zero attached hydrogens (tertiary/aromatic N) is 1. The van der Waals surface area contributed by atoms with Gasteiger partial charge in [-0.1, -0.05) is 0 Å². The second kappa shape index (κ2) is 5.67. The highest BCUT2D eigenvalue weighted by atomic mass is 32.1. The van der Waals surface area contributed by atoms with Crippen molar-refractivity contribution in [2.45, 2.75) is 44.9 Å². The number of phenols is 1. The van der Waals surface area contributed by atoms with Crippen LogP contribution in [-0.2, 0) is 12.8 Å². The molecular weight excluding hydrogens is 292 g/mol. The van der Waals surface area contributed by atoms with Gasteiger partial charge in [0.25, 0.3) is 0 Å². The fraction of sp³-hybridized carbons (Fsp3) is 0.500. The molecule has 1 aliphatic heterocycles. The molecule has 0 radical (unpaired) electrons. The first kappa shape index (κ1) is 14.2. The molecule has 0 saturated carbocycles. The molecule has 1 aromatic heterocycles. The van der Waals surface area contributed by atoms with Crippen molar-refractivity contribution >= 4 is 11.3 Å². The molecule has 116 valence electrons. The lowest BCUT2D eigenvalue weighted by atomic mass is 9.97. The fourth-order valence-electron chi connectivity index (χ4n) is 3.84. The lowest BCUT2D eigenvalue weighted by Crippen LogP contribution is -2.26. The van der Waals surface area contributed by atoms with Crippen molar-refractivity contribution in [3.05, 3.63) is 33.1 Å². The molecule has 0 atom stereocenters. The van der Waals surface area contributed by atoms with E-state index in [1.807, 2.05) is 0 Å². The van der Waals surface area contributed by atoms with E-state index in [-0.39, 0.29) is 0 Å². The molecule has 3 nitrogen and oxygen atoms in total. The second-order valence-corrected chi connectivity index (χ2v) is 7.39. The van der Waals surface area contributed by atoms with E-state index in [4.69, 9.17) is 4.98 Å². The predicted molar refractivity (Wildman–Crippen MR) is 90.8 cm³/mol. The highest BCUT2D eigenvalue weighted by Crippen LogP contribution is 2.41. The van der Waals surface area contributed by atoms with Gasteiger partial charge in [0.05, 0.1) is 10.7 Å². The molecule has 1 aliphatic carbocycles. The number of hydrogen-bond donors (Lipinski definition) is 2. The number of piperidine rings is 1. The van der Waals surface area contributed by atoms with Crippen LogP contribution in [0, 0.1) is 6.92 Å². The summed E-state index contributed by atoms with van der Waals surface area (Å²) in [6, 6.07) is 2.13. The standard InChI is InChI=1S/C18H22N2OS/c1-11-9-15(17(21)14-4-2-3-13(11)14)16-10-22-18(20-16)12-5-7-19-8-6-12/h9-10,12,19,21H,2-8H2,1H3. The zero-order valence-corrected chi connectivity index (χ0v) is 13.8. The third-order valence-electron chi connectivity index (χ3n) is 5.08. The number of fused-ring (bicyclic) bond motifs is 1. The average Bonchev–Trinajstić information content (AvgIpc) is 3.21. The number of phenolic OH excluding ortho intramolecular Hbond substituents is 1. The minimum absolute atomic E-state index is 0.472. The Hall–Kier alpha value is -1.39. The summed E-state index contributed by atoms with van der Waals surface area (Å²) in [5.74, 6) is 1.05. The van der Waals surface area contributed by atoms with E-state index in [9.17, 15) is 5.11 Å². The van der Waals surface area contributed by atoms with Crippen LogP contribution >= 0.6 is 11.3 Å². The van der Waals surface area contributed by atoms with Gasteiger partial charge in [-0.3, -0.25) is 0 Å². The zero-order valence-electron chi connectivity index (χ0n) is 13.0. The van der Waals surface area contributed by atoms with Gasteiger partial charge < -0.3 is 10.4 Å². The Morgan fingerprint density at radius 1 is 1.23 bits per heavy atom. The van der Waals surface area contributed by atoms with Gasteiger partial charge in [-0.05, 0) is 74.9 Å². The molecule has 0 bridgehead atoms. The molecule has 0 unspecified atom stereocenters. The van der Waals surface area contributed by atoms with Crippen molar-refractivity contribution in [3.8, 4) is 17.0 Å². The van der Waals surface area contributed by atoms with Gasteiger partial charge in [0.1, 0.15) is 5.75 Å². The van der Waals surface area contributed by atoms with Crippen LogP contribution in [0.5, 0.6) is 5.75 Å². The summed E-state index contributed by atoms with van der Waals surface area (Å²) in [6.07, 6.45) is 5.60. The molecule has 1 saturated heterocycles. The highest BCUT2D eigenvalue weighted by Gasteiger charge is 2.23. The van der Waals surface area contributed by atoms with Gasteiger partial charge in [0.15, 0.2) is 0 Å². The molecule has 2 heterocycles. The highest BCUT2D eigenvalue weighted by molar-refractivity contribution is 7.10. The first-order valence-electron chi connectivity index (χ1n) is 8.25. The van der Waals surface area contributed by atoms with Crippen LogP contribution in [-0.4, -0.2) is 23.2 Å². The van der Waals surface area contributed by atoms with Gasteiger partial charge in [0, 0.05) is 16.9 Å². The van der Waals surface area contributed by atoms with Crippen LogP contribution in [0.3, 0.4) is 0 Å². The van der Waals surface area contributed by atoms with Gasteiger partial charge in [-0.2, -0.15) is 0 Å². The van der Waals surface area contributed by atoms with Crippen molar-refractivity contribution in [2.24, 2.45) is 0 Å². The van der Waals surface area contributed by atoms with Gasteiger partial charge in [-0.15, -0.1) is 11.3 Å². The lowest BCUT2D eigenvalue weighted by molar-refractivity contribution is 0.459. The summed E-state index contributed by atoms with van der Waals surface area (Å²) in [6.45, 7) is 4.33.